The van der Waals surface area contributed by atoms with Crippen LogP contribution >= 0.6 is 0 Å². The lowest BCUT2D eigenvalue weighted by Crippen LogP contribution is -2.44. The predicted molar refractivity (Wildman–Crippen MR) is 64.5 cm³/mol. The van der Waals surface area contributed by atoms with E-state index < -0.39 is 0 Å². The molecule has 17 heavy (non-hydrogen) atoms. The molecular formula is C12H16N4O. The molecular weight excluding hydrogens is 216 g/mol. The fourth-order valence-electron chi connectivity index (χ4n) is 2.24. The lowest BCUT2D eigenvalue weighted by Gasteiger charge is -2.28. The summed E-state index contributed by atoms with van der Waals surface area (Å²) in [7, 11) is 0. The molecule has 1 saturated heterocycles. The van der Waals surface area contributed by atoms with Gasteiger partial charge in [0.15, 0.2) is 5.82 Å². The van der Waals surface area contributed by atoms with Gasteiger partial charge in [0, 0.05) is 19.6 Å². The maximum absolute atomic E-state index is 5.37. The Balaban J connectivity index is 2.12. The summed E-state index contributed by atoms with van der Waals surface area (Å²) in [5.41, 5.74) is 0. The molecule has 0 N–H and O–H groups in total. The second kappa shape index (κ2) is 4.41. The molecule has 5 heteroatoms. The zero-order chi connectivity index (χ0) is 11.7. The molecule has 1 fully saturated rings. The third-order valence-corrected chi connectivity index (χ3v) is 3.05. The van der Waals surface area contributed by atoms with Crippen LogP contribution in [0.5, 0.6) is 0 Å². The summed E-state index contributed by atoms with van der Waals surface area (Å²) < 4.78 is 5.37. The van der Waals surface area contributed by atoms with Gasteiger partial charge in [0.2, 0.25) is 0 Å². The van der Waals surface area contributed by atoms with E-state index in [1.807, 2.05) is 6.92 Å². The number of hydrogen-bond acceptors (Lipinski definition) is 5. The first kappa shape index (κ1) is 10.7. The van der Waals surface area contributed by atoms with Crippen LogP contribution in [0.15, 0.2) is 4.99 Å². The minimum atomic E-state index is 0.765. The van der Waals surface area contributed by atoms with Gasteiger partial charge in [-0.25, -0.2) is 9.97 Å². The van der Waals surface area contributed by atoms with Gasteiger partial charge in [0.05, 0.1) is 18.6 Å². The molecule has 0 spiro atoms. The third-order valence-electron chi connectivity index (χ3n) is 3.05. The van der Waals surface area contributed by atoms with Gasteiger partial charge in [-0.05, 0) is 13.3 Å². The Kier molecular flexibility index (Phi) is 2.76. The van der Waals surface area contributed by atoms with Crippen LogP contribution in [-0.2, 0) is 4.74 Å². The van der Waals surface area contributed by atoms with E-state index in [9.17, 15) is 0 Å². The van der Waals surface area contributed by atoms with Crippen LogP contribution in [0.2, 0.25) is 0 Å². The maximum Gasteiger partial charge on any atom is 0.158 e. The summed E-state index contributed by atoms with van der Waals surface area (Å²) in [6.07, 6.45) is 3.13. The van der Waals surface area contributed by atoms with Crippen molar-refractivity contribution in [3.05, 3.63) is 16.5 Å². The first-order valence-corrected chi connectivity index (χ1v) is 6.06. The molecule has 0 aliphatic carbocycles. The highest BCUT2D eigenvalue weighted by Crippen LogP contribution is 2.07. The van der Waals surface area contributed by atoms with E-state index in [1.54, 1.807) is 0 Å². The largest absolute Gasteiger partial charge is 0.378 e. The summed E-state index contributed by atoms with van der Waals surface area (Å²) in [4.78, 5) is 15.8. The molecule has 0 amide bonds. The zero-order valence-corrected chi connectivity index (χ0v) is 10.0. The molecule has 2 aliphatic heterocycles. The van der Waals surface area contributed by atoms with Gasteiger partial charge in [-0.2, -0.15) is 0 Å². The van der Waals surface area contributed by atoms with Crippen LogP contribution < -0.4 is 15.6 Å². The molecule has 90 valence electrons. The van der Waals surface area contributed by atoms with Crippen LogP contribution in [-0.4, -0.2) is 42.8 Å². The number of aromatic nitrogens is 2. The number of morpholine rings is 1. The lowest BCUT2D eigenvalue weighted by molar-refractivity contribution is 0.122. The van der Waals surface area contributed by atoms with Crippen molar-refractivity contribution in [3.8, 4) is 0 Å². The average Bonchev–Trinajstić information content (AvgIpc) is 2.39. The molecule has 0 aromatic carbocycles. The normalized spacial score (nSPS) is 19.2. The molecule has 1 aromatic rings. The highest BCUT2D eigenvalue weighted by molar-refractivity contribution is 5.40. The lowest BCUT2D eigenvalue weighted by atomic mass is 10.2. The van der Waals surface area contributed by atoms with Crippen molar-refractivity contribution in [1.29, 1.82) is 0 Å². The maximum atomic E-state index is 5.37. The quantitative estimate of drug-likeness (QED) is 0.650. The van der Waals surface area contributed by atoms with Crippen LogP contribution in [0.25, 0.3) is 6.08 Å². The van der Waals surface area contributed by atoms with Crippen LogP contribution in [0, 0.1) is 6.92 Å². The Morgan fingerprint density at radius 3 is 2.88 bits per heavy atom. The Morgan fingerprint density at radius 1 is 1.24 bits per heavy atom. The molecule has 5 nitrogen and oxygen atoms in total. The van der Waals surface area contributed by atoms with Gasteiger partial charge < -0.3 is 9.64 Å². The van der Waals surface area contributed by atoms with E-state index in [2.05, 4.69) is 25.9 Å². The summed E-state index contributed by atoms with van der Waals surface area (Å²) in [5.74, 6) is 1.80. The van der Waals surface area contributed by atoms with Crippen molar-refractivity contribution in [1.82, 2.24) is 9.97 Å². The minimum Gasteiger partial charge on any atom is -0.378 e. The Bertz CT molecular complexity index is 534. The molecule has 1 aromatic heterocycles. The van der Waals surface area contributed by atoms with Crippen LogP contribution in [0.3, 0.4) is 0 Å². The zero-order valence-electron chi connectivity index (χ0n) is 10.0. The van der Waals surface area contributed by atoms with Gasteiger partial charge in [-0.1, -0.05) is 6.08 Å². The predicted octanol–water partition coefficient (Wildman–Crippen LogP) is -0.575. The summed E-state index contributed by atoms with van der Waals surface area (Å²) in [5, 5.41) is 1.95. The highest BCUT2D eigenvalue weighted by Gasteiger charge is 2.16. The summed E-state index contributed by atoms with van der Waals surface area (Å²) in [6, 6.07) is 0. The van der Waals surface area contributed by atoms with E-state index in [0.717, 1.165) is 61.6 Å². The SMILES string of the molecule is Cc1nc(N2CCOCC2)c2c(n1)=CCCN=2. The standard InChI is InChI=1S/C12H16N4O/c1-9-14-10-3-2-4-13-11(10)12(15-9)16-5-7-17-8-6-16/h3H,2,4-8H2,1H3. The van der Waals surface area contributed by atoms with Crippen molar-refractivity contribution < 1.29 is 4.74 Å². The smallest absolute Gasteiger partial charge is 0.158 e. The van der Waals surface area contributed by atoms with E-state index >= 15 is 0 Å². The van der Waals surface area contributed by atoms with E-state index in [-0.39, 0.29) is 0 Å². The van der Waals surface area contributed by atoms with Crippen molar-refractivity contribution in [2.45, 2.75) is 13.3 Å². The van der Waals surface area contributed by atoms with Crippen molar-refractivity contribution in [3.63, 3.8) is 0 Å². The molecule has 3 rings (SSSR count). The monoisotopic (exact) mass is 232 g/mol. The summed E-state index contributed by atoms with van der Waals surface area (Å²) in [6.45, 7) is 6.09. The number of rotatable bonds is 1. The molecule has 0 atom stereocenters. The first-order chi connectivity index (χ1) is 8.34. The second-order valence-electron chi connectivity index (χ2n) is 4.30. The van der Waals surface area contributed by atoms with E-state index in [4.69, 9.17) is 4.74 Å². The first-order valence-electron chi connectivity index (χ1n) is 6.06. The Hall–Kier alpha value is -1.49. The Morgan fingerprint density at radius 2 is 2.06 bits per heavy atom. The summed E-state index contributed by atoms with van der Waals surface area (Å²) >= 11 is 0. The van der Waals surface area contributed by atoms with Crippen molar-refractivity contribution >= 4 is 11.9 Å². The van der Waals surface area contributed by atoms with E-state index in [1.165, 1.54) is 0 Å². The van der Waals surface area contributed by atoms with E-state index in [0.29, 0.717) is 0 Å². The van der Waals surface area contributed by atoms with Gasteiger partial charge >= 0.3 is 0 Å². The average molecular weight is 232 g/mol. The van der Waals surface area contributed by atoms with Crippen LogP contribution in [0.1, 0.15) is 12.2 Å². The highest BCUT2D eigenvalue weighted by atomic mass is 16.5. The molecule has 0 saturated carbocycles. The number of fused-ring (bicyclic) bond motifs is 1. The number of aryl methyl sites for hydroxylation is 1. The molecule has 2 aliphatic rings. The van der Waals surface area contributed by atoms with Crippen LogP contribution in [0.4, 0.5) is 5.82 Å². The minimum absolute atomic E-state index is 0.765. The number of ether oxygens (including phenoxy) is 1. The number of hydrogen-bond donors (Lipinski definition) is 0. The molecule has 0 bridgehead atoms. The molecule has 0 radical (unpaired) electrons. The number of anilines is 1. The van der Waals surface area contributed by atoms with Gasteiger partial charge in [-0.15, -0.1) is 0 Å². The van der Waals surface area contributed by atoms with Gasteiger partial charge in [-0.3, -0.25) is 4.99 Å². The van der Waals surface area contributed by atoms with Crippen molar-refractivity contribution in [2.24, 2.45) is 4.99 Å². The fourth-order valence-corrected chi connectivity index (χ4v) is 2.24. The number of nitrogens with zero attached hydrogens (tertiary/aromatic N) is 4. The topological polar surface area (TPSA) is 50.6 Å². The van der Waals surface area contributed by atoms with Gasteiger partial charge in [0.1, 0.15) is 11.2 Å². The Labute approximate surface area is 99.9 Å². The third kappa shape index (κ3) is 2.02. The molecule has 3 heterocycles. The fraction of sp³-hybridized carbons (Fsp3) is 0.583. The van der Waals surface area contributed by atoms with Gasteiger partial charge in [0.25, 0.3) is 0 Å². The van der Waals surface area contributed by atoms with Crippen molar-refractivity contribution in [2.75, 3.05) is 37.7 Å². The molecule has 0 unspecified atom stereocenters. The second-order valence-corrected chi connectivity index (χ2v) is 4.30.